The van der Waals surface area contributed by atoms with Crippen LogP contribution < -0.4 is 5.32 Å². The minimum absolute atomic E-state index is 0.0510. The highest BCUT2D eigenvalue weighted by Crippen LogP contribution is 2.39. The molecule has 0 atom stereocenters. The van der Waals surface area contributed by atoms with Crippen molar-refractivity contribution in [1.29, 1.82) is 0 Å². The van der Waals surface area contributed by atoms with Gasteiger partial charge in [-0.15, -0.1) is 0 Å². The van der Waals surface area contributed by atoms with Crippen LogP contribution >= 0.6 is 0 Å². The Morgan fingerprint density at radius 2 is 2.05 bits per heavy atom. The van der Waals surface area contributed by atoms with E-state index in [9.17, 15) is 4.79 Å². The van der Waals surface area contributed by atoms with Crippen LogP contribution in [0.1, 0.15) is 32.1 Å². The fourth-order valence-corrected chi connectivity index (χ4v) is 3.26. The first-order chi connectivity index (χ1) is 10.6. The summed E-state index contributed by atoms with van der Waals surface area (Å²) in [6, 6.07) is 0.555. The van der Waals surface area contributed by atoms with Gasteiger partial charge in [0.05, 0.1) is 0 Å². The zero-order valence-corrected chi connectivity index (χ0v) is 13.8. The third kappa shape index (κ3) is 3.72. The van der Waals surface area contributed by atoms with Gasteiger partial charge in [-0.05, 0) is 37.5 Å². The summed E-state index contributed by atoms with van der Waals surface area (Å²) >= 11 is 0. The van der Waals surface area contributed by atoms with Crippen LogP contribution in [0.2, 0.25) is 0 Å². The molecule has 6 heteroatoms. The summed E-state index contributed by atoms with van der Waals surface area (Å²) in [6.07, 6.45) is 5.94. The lowest BCUT2D eigenvalue weighted by molar-refractivity contribution is -0.127. The average molecular weight is 308 g/mol. The molecule has 2 saturated heterocycles. The van der Waals surface area contributed by atoms with E-state index < -0.39 is 0 Å². The maximum atomic E-state index is 11.8. The number of hydrogen-bond donors (Lipinski definition) is 1. The monoisotopic (exact) mass is 308 g/mol. The number of nitrogens with zero attached hydrogens (tertiary/aromatic N) is 3. The number of guanidine groups is 1. The molecule has 1 spiro atoms. The first-order valence-electron chi connectivity index (χ1n) is 8.42. The van der Waals surface area contributed by atoms with Gasteiger partial charge in [-0.3, -0.25) is 4.79 Å². The summed E-state index contributed by atoms with van der Waals surface area (Å²) in [5.74, 6) is 0.983. The molecule has 1 saturated carbocycles. The first kappa shape index (κ1) is 15.6. The topological polar surface area (TPSA) is 57.2 Å². The number of ether oxygens (including phenoxy) is 1. The van der Waals surface area contributed by atoms with E-state index in [4.69, 9.17) is 4.74 Å². The van der Waals surface area contributed by atoms with Gasteiger partial charge in [-0.1, -0.05) is 0 Å². The Bertz CT molecular complexity index is 439. The van der Waals surface area contributed by atoms with Crippen molar-refractivity contribution in [2.45, 2.75) is 38.1 Å². The van der Waals surface area contributed by atoms with Crippen molar-refractivity contribution in [3.63, 3.8) is 0 Å². The highest BCUT2D eigenvalue weighted by molar-refractivity contribution is 5.85. The van der Waals surface area contributed by atoms with Gasteiger partial charge in [-0.25, -0.2) is 4.99 Å². The number of amides is 1. The van der Waals surface area contributed by atoms with Gasteiger partial charge >= 0.3 is 0 Å². The minimum atomic E-state index is 0.0510. The molecule has 1 aliphatic carbocycles. The molecule has 124 valence electrons. The number of hydrogen-bond acceptors (Lipinski definition) is 3. The SMILES string of the molecule is CN(C)C(=O)CN=C(NC1CC1)N1CCC2(CCOCC2)C1. The second-order valence-electron chi connectivity index (χ2n) is 7.13. The number of likely N-dealkylation sites (tertiary alicyclic amines) is 1. The van der Waals surface area contributed by atoms with Crippen LogP contribution in [-0.2, 0) is 9.53 Å². The molecule has 2 aliphatic heterocycles. The Labute approximate surface area is 132 Å². The maximum absolute atomic E-state index is 11.8. The molecule has 0 bridgehead atoms. The molecule has 22 heavy (non-hydrogen) atoms. The summed E-state index contributed by atoms with van der Waals surface area (Å²) in [5, 5.41) is 3.52. The van der Waals surface area contributed by atoms with E-state index in [-0.39, 0.29) is 12.5 Å². The van der Waals surface area contributed by atoms with E-state index in [1.807, 2.05) is 0 Å². The first-order valence-corrected chi connectivity index (χ1v) is 8.42. The molecule has 0 aromatic carbocycles. The summed E-state index contributed by atoms with van der Waals surface area (Å²) < 4.78 is 5.52. The quantitative estimate of drug-likeness (QED) is 0.615. The van der Waals surface area contributed by atoms with Gasteiger partial charge in [0.15, 0.2) is 5.96 Å². The number of rotatable bonds is 3. The maximum Gasteiger partial charge on any atom is 0.243 e. The molecular formula is C16H28N4O2. The van der Waals surface area contributed by atoms with Gasteiger partial charge in [0.2, 0.25) is 5.91 Å². The molecule has 3 rings (SSSR count). The molecule has 6 nitrogen and oxygen atoms in total. The van der Waals surface area contributed by atoms with E-state index in [1.165, 1.54) is 19.3 Å². The molecule has 0 radical (unpaired) electrons. The molecule has 0 unspecified atom stereocenters. The Morgan fingerprint density at radius 3 is 2.68 bits per heavy atom. The highest BCUT2D eigenvalue weighted by Gasteiger charge is 2.41. The lowest BCUT2D eigenvalue weighted by Crippen LogP contribution is -2.43. The van der Waals surface area contributed by atoms with Crippen molar-refractivity contribution in [3.05, 3.63) is 0 Å². The normalized spacial score (nSPS) is 24.6. The molecule has 3 fully saturated rings. The van der Waals surface area contributed by atoms with Crippen LogP contribution in [0.3, 0.4) is 0 Å². The second kappa shape index (κ2) is 6.44. The standard InChI is InChI=1S/C16H28N4O2/c1-19(2)14(21)11-17-15(18-13-3-4-13)20-8-5-16(12-20)6-9-22-10-7-16/h13H,3-12H2,1-2H3,(H,17,18). The third-order valence-corrected chi connectivity index (χ3v) is 5.06. The summed E-state index contributed by atoms with van der Waals surface area (Å²) in [4.78, 5) is 20.4. The van der Waals surface area contributed by atoms with Gasteiger partial charge in [-0.2, -0.15) is 0 Å². The highest BCUT2D eigenvalue weighted by atomic mass is 16.5. The van der Waals surface area contributed by atoms with Gasteiger partial charge < -0.3 is 19.9 Å². The molecule has 1 N–H and O–H groups in total. The number of likely N-dealkylation sites (N-methyl/N-ethyl adjacent to an activating group) is 1. The zero-order chi connectivity index (χ0) is 15.6. The van der Waals surface area contributed by atoms with Crippen molar-refractivity contribution >= 4 is 11.9 Å². The van der Waals surface area contributed by atoms with Gasteiger partial charge in [0.1, 0.15) is 6.54 Å². The molecule has 2 heterocycles. The van der Waals surface area contributed by atoms with Crippen LogP contribution in [0, 0.1) is 5.41 Å². The number of carbonyl (C=O) groups is 1. The third-order valence-electron chi connectivity index (χ3n) is 5.06. The zero-order valence-electron chi connectivity index (χ0n) is 13.8. The summed E-state index contributed by atoms with van der Waals surface area (Å²) in [7, 11) is 3.55. The van der Waals surface area contributed by atoms with Crippen molar-refractivity contribution in [3.8, 4) is 0 Å². The number of aliphatic imine (C=N–C) groups is 1. The van der Waals surface area contributed by atoms with Crippen LogP contribution in [0.4, 0.5) is 0 Å². The van der Waals surface area contributed by atoms with Crippen molar-refractivity contribution in [1.82, 2.24) is 15.1 Å². The largest absolute Gasteiger partial charge is 0.381 e. The van der Waals surface area contributed by atoms with E-state index in [1.54, 1.807) is 19.0 Å². The van der Waals surface area contributed by atoms with Crippen LogP contribution in [0.15, 0.2) is 4.99 Å². The smallest absolute Gasteiger partial charge is 0.243 e. The van der Waals surface area contributed by atoms with Gasteiger partial charge in [0.25, 0.3) is 0 Å². The lowest BCUT2D eigenvalue weighted by atomic mass is 9.80. The predicted molar refractivity (Wildman–Crippen MR) is 85.8 cm³/mol. The number of carbonyl (C=O) groups excluding carboxylic acids is 1. The second-order valence-corrected chi connectivity index (χ2v) is 7.13. The fraction of sp³-hybridized carbons (Fsp3) is 0.875. The Morgan fingerprint density at radius 1 is 1.32 bits per heavy atom. The Hall–Kier alpha value is -1.30. The van der Waals surface area contributed by atoms with Crippen LogP contribution in [0.25, 0.3) is 0 Å². The van der Waals surface area contributed by atoms with E-state index in [2.05, 4.69) is 15.2 Å². The Kier molecular flexibility index (Phi) is 4.57. The van der Waals surface area contributed by atoms with E-state index in [0.717, 1.165) is 45.1 Å². The van der Waals surface area contributed by atoms with Gasteiger partial charge in [0, 0.05) is 46.4 Å². The van der Waals surface area contributed by atoms with Crippen LogP contribution in [-0.4, -0.2) is 74.7 Å². The van der Waals surface area contributed by atoms with E-state index >= 15 is 0 Å². The fourth-order valence-electron chi connectivity index (χ4n) is 3.26. The van der Waals surface area contributed by atoms with E-state index in [0.29, 0.717) is 11.5 Å². The molecular weight excluding hydrogens is 280 g/mol. The minimum Gasteiger partial charge on any atom is -0.381 e. The molecule has 3 aliphatic rings. The molecule has 0 aromatic rings. The lowest BCUT2D eigenvalue weighted by Gasteiger charge is -2.33. The van der Waals surface area contributed by atoms with Crippen molar-refractivity contribution < 1.29 is 9.53 Å². The van der Waals surface area contributed by atoms with Crippen LogP contribution in [0.5, 0.6) is 0 Å². The average Bonchev–Trinajstić information content (AvgIpc) is 3.25. The van der Waals surface area contributed by atoms with Crippen molar-refractivity contribution in [2.75, 3.05) is 46.9 Å². The van der Waals surface area contributed by atoms with Crippen molar-refractivity contribution in [2.24, 2.45) is 10.4 Å². The summed E-state index contributed by atoms with van der Waals surface area (Å²) in [6.45, 7) is 4.08. The summed E-state index contributed by atoms with van der Waals surface area (Å²) in [5.41, 5.74) is 0.399. The molecule has 0 aromatic heterocycles. The number of nitrogens with one attached hydrogen (secondary N) is 1. The molecule has 1 amide bonds. The predicted octanol–water partition coefficient (Wildman–Crippen LogP) is 0.685. The Balaban J connectivity index is 1.64.